The van der Waals surface area contributed by atoms with Crippen LogP contribution in [0.4, 0.5) is 0 Å². The third kappa shape index (κ3) is 1.12. The van der Waals surface area contributed by atoms with Crippen LogP contribution < -0.4 is 0 Å². The fourth-order valence-electron chi connectivity index (χ4n) is 1.10. The van der Waals surface area contributed by atoms with Crippen LogP contribution in [0, 0.1) is 0 Å². The van der Waals surface area contributed by atoms with Gasteiger partial charge in [-0.3, -0.25) is 0 Å². The van der Waals surface area contributed by atoms with Crippen LogP contribution in [0.3, 0.4) is 0 Å². The van der Waals surface area contributed by atoms with E-state index < -0.39 is 0 Å². The highest BCUT2D eigenvalue weighted by molar-refractivity contribution is 7.98. The highest BCUT2D eigenvalue weighted by Crippen LogP contribution is 2.34. The molecule has 0 fully saturated rings. The van der Waals surface area contributed by atoms with Crippen molar-refractivity contribution in [3.8, 4) is 5.75 Å². The van der Waals surface area contributed by atoms with Gasteiger partial charge in [0.1, 0.15) is 5.75 Å². The number of nitrogens with zero attached hydrogens (tertiary/aromatic N) is 1. The Bertz CT molecular complexity index is 309. The summed E-state index contributed by atoms with van der Waals surface area (Å²) in [6.07, 6.45) is 2.72. The quantitative estimate of drug-likeness (QED) is 0.565. The molecule has 0 bridgehead atoms. The molecule has 0 unspecified atom stereocenters. The lowest BCUT2D eigenvalue weighted by Gasteiger charge is -2.10. The molecule has 0 atom stereocenters. The lowest BCUT2D eigenvalue weighted by Crippen LogP contribution is -1.93. The summed E-state index contributed by atoms with van der Waals surface area (Å²) in [6, 6.07) is 5.59. The minimum atomic E-state index is 0.362. The lowest BCUT2D eigenvalue weighted by atomic mass is 10.1. The monoisotopic (exact) mass is 166 g/mol. The molecule has 0 spiro atoms. The maximum absolute atomic E-state index is 9.38. The molecule has 2 nitrogen and oxygen atoms in total. The van der Waals surface area contributed by atoms with Gasteiger partial charge >= 0.3 is 0 Å². The number of benzene rings is 1. The minimum absolute atomic E-state index is 0.362. The third-order valence-electron chi connectivity index (χ3n) is 1.65. The molecular formula is C8H8NOS. The Morgan fingerprint density at radius 3 is 3.18 bits per heavy atom. The molecule has 1 radical (unpaired) electrons. The zero-order valence-electron chi connectivity index (χ0n) is 5.86. The van der Waals surface area contributed by atoms with Crippen molar-refractivity contribution >= 4 is 18.2 Å². The molecule has 1 heterocycles. The van der Waals surface area contributed by atoms with Gasteiger partial charge in [-0.15, -0.1) is 0 Å². The van der Waals surface area contributed by atoms with Crippen LogP contribution in [0.15, 0.2) is 27.5 Å². The molecule has 0 saturated heterocycles. The Morgan fingerprint density at radius 1 is 1.45 bits per heavy atom. The van der Waals surface area contributed by atoms with Crippen LogP contribution in [0.2, 0.25) is 0 Å². The molecule has 0 aromatic heterocycles. The van der Waals surface area contributed by atoms with Crippen LogP contribution in [0.5, 0.6) is 5.75 Å². The standard InChI is InChI=1S/C8H8NOS/c10-7-3-1-2-6-4-5-9-11-8(6)7/h1-3,5,10-11H,4H2. The average molecular weight is 166 g/mol. The zero-order valence-corrected chi connectivity index (χ0v) is 6.75. The predicted octanol–water partition coefficient (Wildman–Crippen LogP) is 1.76. The summed E-state index contributed by atoms with van der Waals surface area (Å²) in [7, 11) is 0. The van der Waals surface area contributed by atoms with Crippen molar-refractivity contribution in [3.63, 3.8) is 0 Å². The lowest BCUT2D eigenvalue weighted by molar-refractivity contribution is 0.461. The van der Waals surface area contributed by atoms with E-state index in [0.29, 0.717) is 5.75 Å². The predicted molar refractivity (Wildman–Crippen MR) is 47.6 cm³/mol. The van der Waals surface area contributed by atoms with Crippen LogP contribution in [0.25, 0.3) is 0 Å². The maximum atomic E-state index is 9.38. The SMILES string of the molecule is Oc1cccc2c1[SH]N=CC2. The van der Waals surface area contributed by atoms with Gasteiger partial charge in [-0.1, -0.05) is 24.1 Å². The Morgan fingerprint density at radius 2 is 2.36 bits per heavy atom. The van der Waals surface area contributed by atoms with Gasteiger partial charge in [-0.2, -0.15) is 0 Å². The molecular weight excluding hydrogens is 158 g/mol. The van der Waals surface area contributed by atoms with Crippen LogP contribution in [-0.4, -0.2) is 11.3 Å². The minimum Gasteiger partial charge on any atom is -0.507 e. The van der Waals surface area contributed by atoms with Gasteiger partial charge in [0, 0.05) is 12.6 Å². The maximum Gasteiger partial charge on any atom is 0.130 e. The number of hydrogen-bond acceptors (Lipinski definition) is 2. The van der Waals surface area contributed by atoms with E-state index in [-0.39, 0.29) is 0 Å². The van der Waals surface area contributed by atoms with Gasteiger partial charge < -0.3 is 5.11 Å². The van der Waals surface area contributed by atoms with Gasteiger partial charge in [0.2, 0.25) is 0 Å². The first-order chi connectivity index (χ1) is 5.38. The smallest absolute Gasteiger partial charge is 0.130 e. The highest BCUT2D eigenvalue weighted by Gasteiger charge is 2.08. The number of phenols is 1. The molecule has 1 aliphatic rings. The number of aromatic hydroxyl groups is 1. The molecule has 11 heavy (non-hydrogen) atoms. The van der Waals surface area contributed by atoms with Crippen molar-refractivity contribution in [1.82, 2.24) is 0 Å². The first-order valence-electron chi connectivity index (χ1n) is 3.41. The second kappa shape index (κ2) is 2.58. The van der Waals surface area contributed by atoms with Gasteiger partial charge in [0.25, 0.3) is 0 Å². The Balaban J connectivity index is 2.54. The normalized spacial score (nSPS) is 14.5. The fraction of sp³-hybridized carbons (Fsp3) is 0.125. The molecule has 2 rings (SSSR count). The van der Waals surface area contributed by atoms with E-state index in [4.69, 9.17) is 0 Å². The second-order valence-corrected chi connectivity index (χ2v) is 3.27. The molecule has 1 aliphatic heterocycles. The molecule has 0 saturated carbocycles. The first kappa shape index (κ1) is 6.73. The Hall–Kier alpha value is -0.960. The summed E-state index contributed by atoms with van der Waals surface area (Å²) in [5.74, 6) is 0.362. The zero-order chi connectivity index (χ0) is 7.68. The van der Waals surface area contributed by atoms with Crippen molar-refractivity contribution in [1.29, 1.82) is 0 Å². The topological polar surface area (TPSA) is 32.6 Å². The van der Waals surface area contributed by atoms with Crippen molar-refractivity contribution in [3.05, 3.63) is 23.8 Å². The third-order valence-corrected chi connectivity index (χ3v) is 2.64. The molecule has 1 aromatic carbocycles. The summed E-state index contributed by atoms with van der Waals surface area (Å²) in [5.41, 5.74) is 1.18. The van der Waals surface area contributed by atoms with Crippen molar-refractivity contribution in [2.75, 3.05) is 0 Å². The summed E-state index contributed by atoms with van der Waals surface area (Å²) in [5, 5.41) is 9.38. The summed E-state index contributed by atoms with van der Waals surface area (Å²) in [6.45, 7) is 0. The first-order valence-corrected chi connectivity index (χ1v) is 4.26. The Labute approximate surface area is 69.1 Å². The summed E-state index contributed by atoms with van der Waals surface area (Å²) in [4.78, 5) is 0.954. The molecule has 1 N–H and O–H groups in total. The van der Waals surface area contributed by atoms with E-state index in [1.807, 2.05) is 18.3 Å². The number of fused-ring (bicyclic) bond motifs is 1. The molecule has 0 aliphatic carbocycles. The van der Waals surface area contributed by atoms with Crippen LogP contribution >= 0.6 is 11.9 Å². The largest absolute Gasteiger partial charge is 0.507 e. The number of phenolic OH excluding ortho intramolecular Hbond substituents is 1. The van der Waals surface area contributed by atoms with Crippen molar-refractivity contribution in [2.24, 2.45) is 4.40 Å². The van der Waals surface area contributed by atoms with Crippen LogP contribution in [-0.2, 0) is 6.42 Å². The number of hydrogen-bond donors (Lipinski definition) is 2. The Kier molecular flexibility index (Phi) is 1.58. The second-order valence-electron chi connectivity index (χ2n) is 2.39. The highest BCUT2D eigenvalue weighted by atomic mass is 32.2. The van der Waals surface area contributed by atoms with Crippen molar-refractivity contribution < 1.29 is 5.11 Å². The van der Waals surface area contributed by atoms with E-state index >= 15 is 0 Å². The van der Waals surface area contributed by atoms with Gasteiger partial charge in [0.05, 0.1) is 4.90 Å². The summed E-state index contributed by atoms with van der Waals surface area (Å²) >= 11 is 0.863. The van der Waals surface area contributed by atoms with E-state index in [0.717, 1.165) is 23.3 Å². The van der Waals surface area contributed by atoms with E-state index in [1.54, 1.807) is 6.07 Å². The molecule has 0 amide bonds. The van der Waals surface area contributed by atoms with E-state index in [2.05, 4.69) is 4.40 Å². The number of thiol groups is 1. The number of rotatable bonds is 0. The van der Waals surface area contributed by atoms with E-state index in [1.165, 1.54) is 5.56 Å². The van der Waals surface area contributed by atoms with E-state index in [9.17, 15) is 5.11 Å². The summed E-state index contributed by atoms with van der Waals surface area (Å²) < 4.78 is 4.07. The fourth-order valence-corrected chi connectivity index (χ4v) is 1.85. The molecule has 3 heteroatoms. The van der Waals surface area contributed by atoms with Gasteiger partial charge in [-0.25, -0.2) is 4.40 Å². The van der Waals surface area contributed by atoms with Crippen molar-refractivity contribution in [2.45, 2.75) is 11.3 Å². The molecule has 57 valence electrons. The van der Waals surface area contributed by atoms with Gasteiger partial charge in [-0.05, 0) is 11.6 Å². The van der Waals surface area contributed by atoms with Gasteiger partial charge in [0.15, 0.2) is 0 Å². The van der Waals surface area contributed by atoms with Crippen LogP contribution in [0.1, 0.15) is 5.56 Å². The molecule has 1 aromatic rings. The average Bonchev–Trinajstić information content (AvgIpc) is 2.06.